The summed E-state index contributed by atoms with van der Waals surface area (Å²) in [6.07, 6.45) is 2.27. The van der Waals surface area contributed by atoms with E-state index < -0.39 is 17.5 Å². The molecule has 3 N–H and O–H groups in total. The summed E-state index contributed by atoms with van der Waals surface area (Å²) < 4.78 is 5.49. The molecule has 0 aliphatic carbocycles. The van der Waals surface area contributed by atoms with Crippen LogP contribution in [-0.2, 0) is 28.8 Å². The van der Waals surface area contributed by atoms with Crippen LogP contribution in [-0.4, -0.2) is 38.9 Å². The number of carbonyl (C=O) groups excluding carboxylic acids is 2. The van der Waals surface area contributed by atoms with E-state index in [-0.39, 0.29) is 6.42 Å². The van der Waals surface area contributed by atoms with Crippen LogP contribution in [0.4, 0.5) is 0 Å². The van der Waals surface area contributed by atoms with Gasteiger partial charge in [0.25, 0.3) is 0 Å². The van der Waals surface area contributed by atoms with E-state index in [0.29, 0.717) is 29.8 Å². The number of carbonyl (C=O) groups is 3. The van der Waals surface area contributed by atoms with Gasteiger partial charge in [-0.3, -0.25) is 9.59 Å². The minimum atomic E-state index is -0.899. The average Bonchev–Trinajstić information content (AvgIpc) is 3.08. The molecule has 0 spiro atoms. The summed E-state index contributed by atoms with van der Waals surface area (Å²) in [5.41, 5.74) is 5.37. The Bertz CT molecular complexity index is 928. The van der Waals surface area contributed by atoms with Crippen molar-refractivity contribution in [1.29, 1.82) is 0 Å². The number of hydrogen-bond donors (Lipinski definition) is 3. The van der Waals surface area contributed by atoms with Gasteiger partial charge in [-0.15, -0.1) is 0 Å². The number of aromatic nitrogens is 2. The molecule has 0 bridgehead atoms. The molecule has 29 heavy (non-hydrogen) atoms. The Morgan fingerprint density at radius 3 is 2.21 bits per heavy atom. The van der Waals surface area contributed by atoms with Crippen molar-refractivity contribution in [3.05, 3.63) is 45.0 Å². The highest BCUT2D eigenvalue weighted by Crippen LogP contribution is 2.27. The van der Waals surface area contributed by atoms with E-state index in [4.69, 9.17) is 9.84 Å². The summed E-state index contributed by atoms with van der Waals surface area (Å²) in [5, 5.41) is 9.12. The fourth-order valence-corrected chi connectivity index (χ4v) is 3.60. The predicted molar refractivity (Wildman–Crippen MR) is 110 cm³/mol. The van der Waals surface area contributed by atoms with E-state index in [9.17, 15) is 14.4 Å². The monoisotopic (exact) mass is 402 g/mol. The molecule has 7 heteroatoms. The number of carboxylic acids is 1. The summed E-state index contributed by atoms with van der Waals surface area (Å²) in [6, 6.07) is 0. The second-order valence-corrected chi connectivity index (χ2v) is 8.25. The molecule has 0 unspecified atom stereocenters. The maximum absolute atomic E-state index is 12.6. The number of ether oxygens (including phenoxy) is 1. The van der Waals surface area contributed by atoms with Crippen LogP contribution in [0.25, 0.3) is 0 Å². The van der Waals surface area contributed by atoms with Crippen molar-refractivity contribution in [3.8, 4) is 0 Å². The van der Waals surface area contributed by atoms with Crippen molar-refractivity contribution in [1.82, 2.24) is 9.97 Å². The number of H-pyrrole nitrogens is 2. The van der Waals surface area contributed by atoms with Crippen molar-refractivity contribution in [2.45, 2.75) is 72.8 Å². The van der Waals surface area contributed by atoms with E-state index in [0.717, 1.165) is 40.8 Å². The van der Waals surface area contributed by atoms with Crippen LogP contribution in [0, 0.1) is 13.8 Å². The summed E-state index contributed by atoms with van der Waals surface area (Å²) in [4.78, 5) is 41.4. The van der Waals surface area contributed by atoms with Gasteiger partial charge in [-0.2, -0.15) is 0 Å². The lowest BCUT2D eigenvalue weighted by Gasteiger charge is -2.19. The summed E-state index contributed by atoms with van der Waals surface area (Å²) >= 11 is 0. The van der Waals surface area contributed by atoms with Gasteiger partial charge >= 0.3 is 11.9 Å². The largest absolute Gasteiger partial charge is 0.481 e. The summed E-state index contributed by atoms with van der Waals surface area (Å²) in [5.74, 6) is -1.37. The molecule has 0 aromatic carbocycles. The molecule has 158 valence electrons. The third-order valence-electron chi connectivity index (χ3n) is 4.99. The quantitative estimate of drug-likeness (QED) is 0.458. The number of aliphatic carboxylic acids is 1. The maximum Gasteiger partial charge on any atom is 0.355 e. The van der Waals surface area contributed by atoms with E-state index >= 15 is 0 Å². The van der Waals surface area contributed by atoms with E-state index in [1.54, 1.807) is 27.7 Å². The molecule has 0 atom stereocenters. The van der Waals surface area contributed by atoms with Crippen LogP contribution in [0.15, 0.2) is 0 Å². The number of esters is 1. The van der Waals surface area contributed by atoms with Gasteiger partial charge in [0.15, 0.2) is 6.29 Å². The van der Waals surface area contributed by atoms with Crippen molar-refractivity contribution >= 4 is 18.2 Å². The van der Waals surface area contributed by atoms with Gasteiger partial charge in [-0.1, -0.05) is 6.92 Å². The molecular weight excluding hydrogens is 372 g/mol. The normalized spacial score (nSPS) is 11.5. The number of hydrogen-bond acceptors (Lipinski definition) is 4. The average molecular weight is 402 g/mol. The molecule has 0 saturated carbocycles. The topological polar surface area (TPSA) is 112 Å². The number of rotatable bonds is 8. The molecule has 2 aromatic heterocycles. The molecule has 2 rings (SSSR count). The zero-order chi connectivity index (χ0) is 21.9. The Morgan fingerprint density at radius 1 is 1.07 bits per heavy atom. The molecule has 0 aliphatic heterocycles. The Morgan fingerprint density at radius 2 is 1.69 bits per heavy atom. The number of carboxylic acid groups (broad SMARTS) is 1. The van der Waals surface area contributed by atoms with Crippen LogP contribution in [0.2, 0.25) is 0 Å². The molecule has 7 nitrogen and oxygen atoms in total. The van der Waals surface area contributed by atoms with Crippen LogP contribution >= 0.6 is 0 Å². The van der Waals surface area contributed by atoms with Gasteiger partial charge in [0.2, 0.25) is 0 Å². The number of aromatic amines is 2. The van der Waals surface area contributed by atoms with E-state index in [1.807, 2.05) is 13.8 Å². The lowest BCUT2D eigenvalue weighted by atomic mass is 9.99. The van der Waals surface area contributed by atoms with E-state index in [2.05, 4.69) is 9.97 Å². The molecule has 0 fully saturated rings. The van der Waals surface area contributed by atoms with Crippen LogP contribution in [0.3, 0.4) is 0 Å². The lowest BCUT2D eigenvalue weighted by molar-refractivity contribution is -0.136. The fraction of sp³-hybridized carbons (Fsp3) is 0.500. The smallest absolute Gasteiger partial charge is 0.355 e. The standard InChI is InChI=1S/C22H30N2O5/c1-7-14-12(2)18(11-25)23-16(14)10-17-15(8-9-19(26)27)13(3)20(24-17)21(28)29-22(4,5)6/h11,23-24H,7-10H2,1-6H3,(H,26,27). The molecule has 2 heterocycles. The first-order valence-electron chi connectivity index (χ1n) is 9.79. The van der Waals surface area contributed by atoms with Gasteiger partial charge in [0.05, 0.1) is 5.69 Å². The Kier molecular flexibility index (Phi) is 6.72. The highest BCUT2D eigenvalue weighted by Gasteiger charge is 2.25. The lowest BCUT2D eigenvalue weighted by Crippen LogP contribution is -2.24. The highest BCUT2D eigenvalue weighted by atomic mass is 16.6. The first-order valence-corrected chi connectivity index (χ1v) is 9.79. The van der Waals surface area contributed by atoms with Crippen LogP contribution < -0.4 is 0 Å². The summed E-state index contributed by atoms with van der Waals surface area (Å²) in [7, 11) is 0. The van der Waals surface area contributed by atoms with Crippen molar-refractivity contribution in [2.75, 3.05) is 0 Å². The molecule has 0 aliphatic rings. The minimum absolute atomic E-state index is 0.0383. The molecule has 2 aromatic rings. The van der Waals surface area contributed by atoms with Gasteiger partial charge in [-0.25, -0.2) is 4.79 Å². The maximum atomic E-state index is 12.6. The SMILES string of the molecule is CCc1c(Cc2[nH]c(C(=O)OC(C)(C)C)c(C)c2CCC(=O)O)[nH]c(C=O)c1C. The minimum Gasteiger partial charge on any atom is -0.481 e. The third kappa shape index (κ3) is 5.16. The van der Waals surface area contributed by atoms with Crippen molar-refractivity contribution < 1.29 is 24.2 Å². The van der Waals surface area contributed by atoms with E-state index in [1.165, 1.54) is 0 Å². The Labute approximate surface area is 170 Å². The Balaban J connectivity index is 2.49. The van der Waals surface area contributed by atoms with Crippen LogP contribution in [0.1, 0.15) is 88.7 Å². The second kappa shape index (κ2) is 8.68. The van der Waals surface area contributed by atoms with Crippen molar-refractivity contribution in [3.63, 3.8) is 0 Å². The van der Waals surface area contributed by atoms with Gasteiger partial charge < -0.3 is 19.8 Å². The fourth-order valence-electron chi connectivity index (χ4n) is 3.60. The van der Waals surface area contributed by atoms with Gasteiger partial charge in [0, 0.05) is 24.2 Å². The van der Waals surface area contributed by atoms with Gasteiger partial charge in [-0.05, 0) is 69.7 Å². The number of nitrogens with one attached hydrogen (secondary N) is 2. The Hall–Kier alpha value is -2.83. The third-order valence-corrected chi connectivity index (χ3v) is 4.99. The zero-order valence-corrected chi connectivity index (χ0v) is 18.0. The zero-order valence-electron chi connectivity index (χ0n) is 18.0. The highest BCUT2D eigenvalue weighted by molar-refractivity contribution is 5.90. The molecule has 0 amide bonds. The van der Waals surface area contributed by atoms with Crippen molar-refractivity contribution in [2.24, 2.45) is 0 Å². The molecular formula is C22H30N2O5. The first-order chi connectivity index (χ1) is 13.5. The van der Waals surface area contributed by atoms with Gasteiger partial charge in [0.1, 0.15) is 11.3 Å². The molecule has 0 radical (unpaired) electrons. The number of aldehydes is 1. The first kappa shape index (κ1) is 22.5. The molecule has 0 saturated heterocycles. The summed E-state index contributed by atoms with van der Waals surface area (Å²) in [6.45, 7) is 11.1. The second-order valence-electron chi connectivity index (χ2n) is 8.25. The van der Waals surface area contributed by atoms with Crippen LogP contribution in [0.5, 0.6) is 0 Å². The predicted octanol–water partition coefficient (Wildman–Crippen LogP) is 3.90.